The second kappa shape index (κ2) is 15.0. The number of halogens is 5. The summed E-state index contributed by atoms with van der Waals surface area (Å²) in [5.74, 6) is -2.60. The molecule has 2 aliphatic rings. The maximum Gasteiger partial charge on any atom is 0.410 e. The van der Waals surface area contributed by atoms with Crippen LogP contribution in [0.25, 0.3) is 16.7 Å². The molecule has 1 N–H and O–H groups in total. The molecule has 2 amide bonds. The highest BCUT2D eigenvalue weighted by Crippen LogP contribution is 2.39. The molecule has 2 fully saturated rings. The van der Waals surface area contributed by atoms with Gasteiger partial charge in [0.05, 0.1) is 42.7 Å². The summed E-state index contributed by atoms with van der Waals surface area (Å²) < 4.78 is 55.7. The summed E-state index contributed by atoms with van der Waals surface area (Å²) >= 11 is 13.4. The number of carbonyl (C=O) groups excluding carboxylic acids is 2. The van der Waals surface area contributed by atoms with Gasteiger partial charge in [-0.2, -0.15) is 13.2 Å². The third-order valence-corrected chi connectivity index (χ3v) is 10.2. The molecular weight excluding hydrogens is 738 g/mol. The van der Waals surface area contributed by atoms with Crippen molar-refractivity contribution >= 4 is 46.2 Å². The molecule has 0 bridgehead atoms. The van der Waals surface area contributed by atoms with Crippen LogP contribution >= 0.6 is 23.2 Å². The Hall–Kier alpha value is -4.11. The molecule has 2 saturated heterocycles. The van der Waals surface area contributed by atoms with Gasteiger partial charge >= 0.3 is 12.3 Å². The number of benzene rings is 2. The van der Waals surface area contributed by atoms with E-state index in [2.05, 4.69) is 4.98 Å². The molecule has 4 heterocycles. The lowest BCUT2D eigenvalue weighted by Gasteiger charge is -2.39. The number of hydrogen-bond acceptors (Lipinski definition) is 7. The second-order valence-electron chi connectivity index (χ2n) is 14.5. The largest absolute Gasteiger partial charge is 0.444 e. The van der Waals surface area contributed by atoms with Crippen LogP contribution in [0.1, 0.15) is 63.1 Å². The van der Waals surface area contributed by atoms with Gasteiger partial charge in [-0.3, -0.25) is 23.6 Å². The topological polar surface area (TPSA) is 119 Å². The van der Waals surface area contributed by atoms with Gasteiger partial charge in [0, 0.05) is 36.8 Å². The first-order valence-corrected chi connectivity index (χ1v) is 17.9. The standard InChI is InChI=1S/C37H40Cl2F3N5O6/c1-35(2,3)53-34(50)46-15-16-52-20-29(46)25-10-9-24(17-28(25)38)47-30(39)18-26-32(47)43-22-45(33(26)49)21-36(51)11-13-44(14-12-36)31(48)19-27(37(40,41)42)23-7-5-4-6-8-23/h4-10,17-18,22,27,29,51H,11-16,19-21H2,1-3H3/t27-,29-/m1/s1. The molecule has 0 spiro atoms. The van der Waals surface area contributed by atoms with E-state index in [0.717, 1.165) is 0 Å². The number of piperidine rings is 1. The van der Waals surface area contributed by atoms with Gasteiger partial charge < -0.3 is 19.5 Å². The van der Waals surface area contributed by atoms with Crippen molar-refractivity contribution < 1.29 is 37.3 Å². The molecule has 4 aromatic rings. The number of morpholine rings is 1. The van der Waals surface area contributed by atoms with Crippen molar-refractivity contribution in [3.8, 4) is 5.69 Å². The molecule has 2 atom stereocenters. The van der Waals surface area contributed by atoms with E-state index in [1.807, 2.05) is 0 Å². The lowest BCUT2D eigenvalue weighted by atomic mass is 9.89. The van der Waals surface area contributed by atoms with Crippen LogP contribution in [0.2, 0.25) is 10.2 Å². The zero-order valence-corrected chi connectivity index (χ0v) is 30.9. The first-order valence-electron chi connectivity index (χ1n) is 17.2. The number of likely N-dealkylation sites (tertiary alicyclic amines) is 1. The summed E-state index contributed by atoms with van der Waals surface area (Å²) in [6, 6.07) is 13.5. The van der Waals surface area contributed by atoms with Crippen LogP contribution in [0.5, 0.6) is 0 Å². The summed E-state index contributed by atoms with van der Waals surface area (Å²) in [7, 11) is 0. The minimum Gasteiger partial charge on any atom is -0.444 e. The number of ether oxygens (including phenoxy) is 2. The van der Waals surface area contributed by atoms with Gasteiger partial charge in [-0.05, 0) is 62.9 Å². The Morgan fingerprint density at radius 3 is 2.40 bits per heavy atom. The molecule has 2 aromatic heterocycles. The highest BCUT2D eigenvalue weighted by Gasteiger charge is 2.43. The zero-order chi connectivity index (χ0) is 38.3. The minimum absolute atomic E-state index is 0.0133. The fourth-order valence-electron chi connectivity index (χ4n) is 6.83. The fraction of sp³-hybridized carbons (Fsp3) is 0.459. The molecule has 2 aliphatic heterocycles. The van der Waals surface area contributed by atoms with Gasteiger partial charge in [-0.1, -0.05) is 59.6 Å². The third-order valence-electron chi connectivity index (χ3n) is 9.59. The van der Waals surface area contributed by atoms with Crippen molar-refractivity contribution in [2.75, 3.05) is 32.8 Å². The summed E-state index contributed by atoms with van der Waals surface area (Å²) in [6.45, 7) is 6.19. The Morgan fingerprint density at radius 1 is 1.06 bits per heavy atom. The van der Waals surface area contributed by atoms with Crippen molar-refractivity contribution in [1.29, 1.82) is 0 Å². The van der Waals surface area contributed by atoms with Gasteiger partial charge in [0.25, 0.3) is 5.56 Å². The fourth-order valence-corrected chi connectivity index (χ4v) is 7.42. The average molecular weight is 779 g/mol. The molecule has 11 nitrogen and oxygen atoms in total. The van der Waals surface area contributed by atoms with E-state index in [9.17, 15) is 32.7 Å². The summed E-state index contributed by atoms with van der Waals surface area (Å²) in [5, 5.41) is 12.1. The van der Waals surface area contributed by atoms with Crippen molar-refractivity contribution in [3.05, 3.63) is 92.6 Å². The minimum atomic E-state index is -4.60. The molecule has 0 radical (unpaired) electrons. The Morgan fingerprint density at radius 2 is 1.75 bits per heavy atom. The monoisotopic (exact) mass is 777 g/mol. The normalized spacial score (nSPS) is 18.6. The van der Waals surface area contributed by atoms with Crippen LogP contribution in [0.3, 0.4) is 0 Å². The van der Waals surface area contributed by atoms with Crippen molar-refractivity contribution in [2.24, 2.45) is 0 Å². The van der Waals surface area contributed by atoms with Crippen LogP contribution < -0.4 is 5.56 Å². The Kier molecular flexibility index (Phi) is 10.9. The first kappa shape index (κ1) is 38.6. The number of hydrogen-bond donors (Lipinski definition) is 1. The Bertz CT molecular complexity index is 2040. The number of carbonyl (C=O) groups is 2. The number of amides is 2. The first-order chi connectivity index (χ1) is 24.9. The summed E-state index contributed by atoms with van der Waals surface area (Å²) in [5.41, 5.74) is -1.14. The summed E-state index contributed by atoms with van der Waals surface area (Å²) in [6.07, 6.45) is -4.42. The number of aromatic nitrogens is 3. The second-order valence-corrected chi connectivity index (χ2v) is 15.3. The average Bonchev–Trinajstić information content (AvgIpc) is 3.44. The van der Waals surface area contributed by atoms with E-state index >= 15 is 0 Å². The maximum atomic E-state index is 13.9. The predicted octanol–water partition coefficient (Wildman–Crippen LogP) is 6.89. The van der Waals surface area contributed by atoms with E-state index < -0.39 is 53.3 Å². The van der Waals surface area contributed by atoms with E-state index in [4.69, 9.17) is 32.7 Å². The van der Waals surface area contributed by atoms with E-state index in [1.54, 1.807) is 54.5 Å². The van der Waals surface area contributed by atoms with E-state index in [1.165, 1.54) is 46.1 Å². The lowest BCUT2D eigenvalue weighted by molar-refractivity contribution is -0.162. The molecule has 53 heavy (non-hydrogen) atoms. The van der Waals surface area contributed by atoms with Gasteiger partial charge in [0.15, 0.2) is 5.65 Å². The van der Waals surface area contributed by atoms with Crippen molar-refractivity contribution in [3.63, 3.8) is 0 Å². The van der Waals surface area contributed by atoms with Crippen LogP contribution in [-0.2, 0) is 20.8 Å². The van der Waals surface area contributed by atoms with Gasteiger partial charge in [0.2, 0.25) is 5.91 Å². The number of alkyl halides is 3. The van der Waals surface area contributed by atoms with Crippen LogP contribution in [0.15, 0.2) is 65.7 Å². The number of nitrogens with zero attached hydrogens (tertiary/aromatic N) is 5. The van der Waals surface area contributed by atoms with Crippen LogP contribution in [0.4, 0.5) is 18.0 Å². The van der Waals surface area contributed by atoms with Crippen molar-refractivity contribution in [1.82, 2.24) is 23.9 Å². The van der Waals surface area contributed by atoms with Crippen molar-refractivity contribution in [2.45, 2.75) is 75.9 Å². The molecule has 6 rings (SSSR count). The Balaban J connectivity index is 1.16. The molecule has 0 unspecified atom stereocenters. The highest BCUT2D eigenvalue weighted by atomic mass is 35.5. The van der Waals surface area contributed by atoms with Crippen LogP contribution in [0, 0.1) is 0 Å². The SMILES string of the molecule is CC(C)(C)OC(=O)N1CCOC[C@@H]1c1ccc(-n2c(Cl)cc3c(=O)n(CC4(O)CCN(C(=O)C[C@H](c5ccccc5)C(F)(F)F)CC4)cnc32)cc1Cl. The van der Waals surface area contributed by atoms with Gasteiger partial charge in [-0.15, -0.1) is 0 Å². The molecule has 0 aliphatic carbocycles. The molecule has 0 saturated carbocycles. The Labute approximate surface area is 313 Å². The molecule has 284 valence electrons. The zero-order valence-electron chi connectivity index (χ0n) is 29.4. The quantitative estimate of drug-likeness (QED) is 0.217. The number of fused-ring (bicyclic) bond motifs is 1. The number of aliphatic hydroxyl groups is 1. The van der Waals surface area contributed by atoms with E-state index in [-0.39, 0.29) is 60.8 Å². The summed E-state index contributed by atoms with van der Waals surface area (Å²) in [4.78, 5) is 47.1. The molecule has 2 aromatic carbocycles. The van der Waals surface area contributed by atoms with Gasteiger partial charge in [-0.25, -0.2) is 9.78 Å². The molecular formula is C37H40Cl2F3N5O6. The lowest BCUT2D eigenvalue weighted by Crippen LogP contribution is -2.50. The third kappa shape index (κ3) is 8.51. The maximum absolute atomic E-state index is 13.9. The molecule has 16 heteroatoms. The number of rotatable bonds is 7. The van der Waals surface area contributed by atoms with Crippen LogP contribution in [-0.4, -0.2) is 91.3 Å². The smallest absolute Gasteiger partial charge is 0.410 e. The highest BCUT2D eigenvalue weighted by molar-refractivity contribution is 6.32. The van der Waals surface area contributed by atoms with E-state index in [0.29, 0.717) is 29.4 Å². The predicted molar refractivity (Wildman–Crippen MR) is 192 cm³/mol. The van der Waals surface area contributed by atoms with Gasteiger partial charge in [0.1, 0.15) is 17.1 Å².